The number of hydrogen-bond donors (Lipinski definition) is 1. The minimum Gasteiger partial charge on any atom is -0.346 e. The number of halogens is 1. The molecule has 27 heavy (non-hydrogen) atoms. The monoisotopic (exact) mass is 406 g/mol. The van der Waals surface area contributed by atoms with Crippen LogP contribution in [0.3, 0.4) is 0 Å². The first-order chi connectivity index (χ1) is 12.8. The summed E-state index contributed by atoms with van der Waals surface area (Å²) in [5.41, 5.74) is -1.12. The van der Waals surface area contributed by atoms with Crippen molar-refractivity contribution in [2.45, 2.75) is 64.1 Å². The number of aryl methyl sites for hydroxylation is 1. The Kier molecular flexibility index (Phi) is 6.32. The van der Waals surface area contributed by atoms with E-state index in [0.29, 0.717) is 6.42 Å². The lowest BCUT2D eigenvalue weighted by Crippen LogP contribution is -2.39. The van der Waals surface area contributed by atoms with Crippen LogP contribution in [0.15, 0.2) is 15.8 Å². The minimum absolute atomic E-state index is 0.176. The molecule has 152 valence electrons. The smallest absolute Gasteiger partial charge is 0.346 e. The summed E-state index contributed by atoms with van der Waals surface area (Å²) in [6.45, 7) is 3.58. The number of unbranched alkanes of at least 4 members (excludes halogenated alkanes) is 3. The van der Waals surface area contributed by atoms with Crippen LogP contribution in [0.2, 0.25) is 0 Å². The molecule has 3 rings (SSSR count). The molecule has 2 fully saturated rings. The highest BCUT2D eigenvalue weighted by Crippen LogP contribution is 2.57. The van der Waals surface area contributed by atoms with Crippen LogP contribution < -0.4 is 11.2 Å². The van der Waals surface area contributed by atoms with E-state index in [0.717, 1.165) is 23.8 Å². The van der Waals surface area contributed by atoms with E-state index in [-0.39, 0.29) is 18.8 Å². The summed E-state index contributed by atoms with van der Waals surface area (Å²) >= 11 is 0. The molecule has 5 atom stereocenters. The van der Waals surface area contributed by atoms with Crippen LogP contribution in [0.1, 0.15) is 44.4 Å². The molecule has 0 aliphatic carbocycles. The van der Waals surface area contributed by atoms with Gasteiger partial charge in [0, 0.05) is 11.8 Å². The Bertz CT molecular complexity index is 826. The second kappa shape index (κ2) is 8.36. The quantitative estimate of drug-likeness (QED) is 0.546. The number of alkyl halides is 1. The van der Waals surface area contributed by atoms with Gasteiger partial charge in [0.15, 0.2) is 12.4 Å². The van der Waals surface area contributed by atoms with Gasteiger partial charge in [0.2, 0.25) is 0 Å². The fraction of sp³-hybridized carbons (Fsp3) is 0.750. The van der Waals surface area contributed by atoms with E-state index in [1.54, 1.807) is 0 Å². The van der Waals surface area contributed by atoms with E-state index < -0.39 is 43.7 Å². The van der Waals surface area contributed by atoms with Crippen molar-refractivity contribution in [3.05, 3.63) is 32.6 Å². The number of nitrogens with zero attached hydrogens (tertiary/aromatic N) is 1. The van der Waals surface area contributed by atoms with Gasteiger partial charge in [0.25, 0.3) is 5.56 Å². The van der Waals surface area contributed by atoms with E-state index in [2.05, 4.69) is 11.9 Å². The third-order valence-corrected chi connectivity index (χ3v) is 6.05. The molecule has 11 heteroatoms. The summed E-state index contributed by atoms with van der Waals surface area (Å²) in [5.74, 6) is 0. The predicted molar refractivity (Wildman–Crippen MR) is 93.4 cm³/mol. The van der Waals surface area contributed by atoms with Gasteiger partial charge in [-0.25, -0.2) is 13.8 Å². The van der Waals surface area contributed by atoms with Crippen LogP contribution in [0.4, 0.5) is 4.39 Å². The van der Waals surface area contributed by atoms with Gasteiger partial charge in [-0.1, -0.05) is 26.2 Å². The molecular weight excluding hydrogens is 382 g/mol. The second-order valence-electron chi connectivity index (χ2n) is 6.70. The highest BCUT2D eigenvalue weighted by molar-refractivity contribution is 7.48. The number of aromatic nitrogens is 2. The first-order valence-electron chi connectivity index (χ1n) is 9.04. The van der Waals surface area contributed by atoms with E-state index >= 15 is 0 Å². The van der Waals surface area contributed by atoms with Crippen LogP contribution in [-0.2, 0) is 22.9 Å². The number of H-pyrrole nitrogens is 1. The largest absolute Gasteiger partial charge is 0.475 e. The van der Waals surface area contributed by atoms with Crippen molar-refractivity contribution in [3.8, 4) is 0 Å². The lowest BCUT2D eigenvalue weighted by Gasteiger charge is -2.30. The van der Waals surface area contributed by atoms with Gasteiger partial charge in [-0.05, 0) is 13.3 Å². The molecule has 2 aliphatic rings. The molecule has 1 aromatic heterocycles. The van der Waals surface area contributed by atoms with E-state index in [1.807, 2.05) is 0 Å². The SMILES string of the molecule is CCCCCCOP1(=O)OC[C@@H]2O[C@H](n3cc(C)c(=O)[nH]c3=O)[C@H](F)[C@H]2O1. The van der Waals surface area contributed by atoms with Crippen LogP contribution >= 0.6 is 7.82 Å². The van der Waals surface area contributed by atoms with Crippen LogP contribution in [0, 0.1) is 6.92 Å². The van der Waals surface area contributed by atoms with Crippen molar-refractivity contribution >= 4 is 7.82 Å². The number of phosphoric acid groups is 1. The van der Waals surface area contributed by atoms with Gasteiger partial charge in [-0.15, -0.1) is 0 Å². The number of hydrogen-bond acceptors (Lipinski definition) is 7. The fourth-order valence-electron chi connectivity index (χ4n) is 3.07. The molecule has 2 aliphatic heterocycles. The molecule has 1 unspecified atom stereocenters. The Hall–Kier alpha value is -1.32. The minimum atomic E-state index is -3.88. The van der Waals surface area contributed by atoms with Gasteiger partial charge in [0.05, 0.1) is 13.2 Å². The summed E-state index contributed by atoms with van der Waals surface area (Å²) in [6.07, 6.45) is -0.187. The molecule has 0 aromatic carbocycles. The van der Waals surface area contributed by atoms with Gasteiger partial charge in [-0.3, -0.25) is 27.9 Å². The Morgan fingerprint density at radius 1 is 1.37 bits per heavy atom. The molecule has 9 nitrogen and oxygen atoms in total. The molecular formula is C16H24FN2O7P. The average Bonchev–Trinajstić information content (AvgIpc) is 2.94. The Balaban J connectivity index is 1.68. The first kappa shape index (κ1) is 20.4. The standard InChI is InChI=1S/C16H24FN2O7P/c1-3-4-5-6-7-23-27(22)24-9-11-13(26-27)12(17)15(25-11)19-8-10(2)14(20)18-16(19)21/h8,11-13,15H,3-7,9H2,1-2H3,(H,18,20,21)/t11-,12+,13-,15-,27?/m0/s1. The molecule has 0 spiro atoms. The maximum Gasteiger partial charge on any atom is 0.475 e. The molecule has 0 bridgehead atoms. The molecule has 0 radical (unpaired) electrons. The molecule has 0 amide bonds. The summed E-state index contributed by atoms with van der Waals surface area (Å²) in [7, 11) is -3.88. The number of rotatable bonds is 7. The van der Waals surface area contributed by atoms with Crippen molar-refractivity contribution < 1.29 is 27.3 Å². The number of nitrogens with one attached hydrogen (secondary N) is 1. The maximum absolute atomic E-state index is 14.9. The van der Waals surface area contributed by atoms with Crippen molar-refractivity contribution in [1.82, 2.24) is 9.55 Å². The summed E-state index contributed by atoms with van der Waals surface area (Å²) in [4.78, 5) is 25.6. The third kappa shape index (κ3) is 4.41. The highest BCUT2D eigenvalue weighted by Gasteiger charge is 2.54. The molecule has 1 N–H and O–H groups in total. The fourth-order valence-corrected chi connectivity index (χ4v) is 4.50. The molecule has 1 aromatic rings. The zero-order valence-electron chi connectivity index (χ0n) is 15.3. The highest BCUT2D eigenvalue weighted by atomic mass is 31.2. The zero-order valence-corrected chi connectivity index (χ0v) is 16.2. The number of phosphoric ester groups is 1. The van der Waals surface area contributed by atoms with Gasteiger partial charge < -0.3 is 4.74 Å². The van der Waals surface area contributed by atoms with Crippen LogP contribution in [0.5, 0.6) is 0 Å². The van der Waals surface area contributed by atoms with Crippen molar-refractivity contribution in [2.24, 2.45) is 0 Å². The summed E-state index contributed by atoms with van der Waals surface area (Å²) in [5, 5.41) is 0. The molecule has 2 saturated heterocycles. The lowest BCUT2D eigenvalue weighted by atomic mass is 10.1. The lowest BCUT2D eigenvalue weighted by molar-refractivity contribution is -0.0723. The van der Waals surface area contributed by atoms with E-state index in [4.69, 9.17) is 18.3 Å². The van der Waals surface area contributed by atoms with Crippen molar-refractivity contribution in [2.75, 3.05) is 13.2 Å². The zero-order chi connectivity index (χ0) is 19.6. The predicted octanol–water partition coefficient (Wildman–Crippen LogP) is 2.20. The van der Waals surface area contributed by atoms with Gasteiger partial charge in [0.1, 0.15) is 12.2 Å². The Morgan fingerprint density at radius 3 is 2.89 bits per heavy atom. The number of aromatic amines is 1. The first-order valence-corrected chi connectivity index (χ1v) is 10.5. The summed E-state index contributed by atoms with van der Waals surface area (Å²) < 4.78 is 49.7. The third-order valence-electron chi connectivity index (χ3n) is 4.58. The second-order valence-corrected chi connectivity index (χ2v) is 8.32. The molecule has 3 heterocycles. The molecule has 0 saturated carbocycles. The van der Waals surface area contributed by atoms with E-state index in [9.17, 15) is 18.5 Å². The van der Waals surface area contributed by atoms with Crippen LogP contribution in [-0.4, -0.2) is 41.1 Å². The number of fused-ring (bicyclic) bond motifs is 1. The van der Waals surface area contributed by atoms with Crippen molar-refractivity contribution in [3.63, 3.8) is 0 Å². The Labute approximate surface area is 155 Å². The van der Waals surface area contributed by atoms with Gasteiger partial charge in [-0.2, -0.15) is 0 Å². The van der Waals surface area contributed by atoms with E-state index in [1.165, 1.54) is 13.1 Å². The van der Waals surface area contributed by atoms with Crippen LogP contribution in [0.25, 0.3) is 0 Å². The number of ether oxygens (including phenoxy) is 1. The normalized spacial score (nSPS) is 33.1. The average molecular weight is 406 g/mol. The topological polar surface area (TPSA) is 109 Å². The Morgan fingerprint density at radius 2 is 2.15 bits per heavy atom. The maximum atomic E-state index is 14.9. The van der Waals surface area contributed by atoms with Gasteiger partial charge >= 0.3 is 13.5 Å². The van der Waals surface area contributed by atoms with Crippen molar-refractivity contribution in [1.29, 1.82) is 0 Å². The summed E-state index contributed by atoms with van der Waals surface area (Å²) in [6, 6.07) is 0.